The van der Waals surface area contributed by atoms with Crippen molar-refractivity contribution in [3.63, 3.8) is 0 Å². The van der Waals surface area contributed by atoms with Crippen molar-refractivity contribution in [2.75, 3.05) is 6.54 Å². The summed E-state index contributed by atoms with van der Waals surface area (Å²) in [7, 11) is 0. The highest BCUT2D eigenvalue weighted by atomic mass is 35.5. The summed E-state index contributed by atoms with van der Waals surface area (Å²) in [6, 6.07) is 3.98. The summed E-state index contributed by atoms with van der Waals surface area (Å²) in [5, 5.41) is 0.465. The molecular formula is C11H14ClN3O. The lowest BCUT2D eigenvalue weighted by Crippen LogP contribution is -2.37. The van der Waals surface area contributed by atoms with Crippen molar-refractivity contribution < 1.29 is 4.79 Å². The number of carbonyl (C=O) groups is 1. The molecule has 1 heterocycles. The highest BCUT2D eigenvalue weighted by molar-refractivity contribution is 6.29. The number of hydrogen-bond donors (Lipinski definition) is 1. The Bertz CT molecular complexity index is 375. The SMILES string of the molecule is NCC(=O)N(Cc1ccc(Cl)nc1)C1CC1. The molecule has 2 rings (SSSR count). The molecule has 16 heavy (non-hydrogen) atoms. The Morgan fingerprint density at radius 2 is 2.31 bits per heavy atom. The van der Waals surface area contributed by atoms with E-state index in [1.807, 2.05) is 11.0 Å². The van der Waals surface area contributed by atoms with Crippen molar-refractivity contribution in [3.8, 4) is 0 Å². The maximum Gasteiger partial charge on any atom is 0.236 e. The zero-order chi connectivity index (χ0) is 11.5. The molecule has 0 aliphatic heterocycles. The molecule has 1 aromatic rings. The Balaban J connectivity index is 2.05. The predicted octanol–water partition coefficient (Wildman–Crippen LogP) is 1.18. The summed E-state index contributed by atoms with van der Waals surface area (Å²) in [5.74, 6) is -0.00236. The summed E-state index contributed by atoms with van der Waals surface area (Å²) in [6.45, 7) is 0.641. The van der Waals surface area contributed by atoms with E-state index in [9.17, 15) is 4.79 Å². The molecule has 86 valence electrons. The molecule has 1 saturated carbocycles. The van der Waals surface area contributed by atoms with Gasteiger partial charge in [0.25, 0.3) is 0 Å². The predicted molar refractivity (Wildman–Crippen MR) is 61.9 cm³/mol. The molecule has 1 aromatic heterocycles. The number of pyridine rings is 1. The lowest BCUT2D eigenvalue weighted by molar-refractivity contribution is -0.130. The first-order chi connectivity index (χ1) is 7.70. The van der Waals surface area contributed by atoms with E-state index in [1.54, 1.807) is 12.3 Å². The number of nitrogens with zero attached hydrogens (tertiary/aromatic N) is 2. The molecular weight excluding hydrogens is 226 g/mol. The van der Waals surface area contributed by atoms with Gasteiger partial charge in [-0.3, -0.25) is 4.79 Å². The Morgan fingerprint density at radius 3 is 2.81 bits per heavy atom. The molecule has 0 radical (unpaired) electrons. The van der Waals surface area contributed by atoms with Crippen molar-refractivity contribution >= 4 is 17.5 Å². The van der Waals surface area contributed by atoms with Crippen molar-refractivity contribution in [1.82, 2.24) is 9.88 Å². The minimum absolute atomic E-state index is 0.00236. The van der Waals surface area contributed by atoms with E-state index in [0.29, 0.717) is 17.7 Å². The van der Waals surface area contributed by atoms with Gasteiger partial charge in [0, 0.05) is 18.8 Å². The fourth-order valence-corrected chi connectivity index (χ4v) is 1.73. The number of nitrogens with two attached hydrogens (primary N) is 1. The molecule has 0 unspecified atom stereocenters. The van der Waals surface area contributed by atoms with E-state index in [-0.39, 0.29) is 12.5 Å². The number of carbonyl (C=O) groups excluding carboxylic acids is 1. The van der Waals surface area contributed by atoms with Crippen molar-refractivity contribution in [2.24, 2.45) is 5.73 Å². The van der Waals surface area contributed by atoms with E-state index >= 15 is 0 Å². The van der Waals surface area contributed by atoms with E-state index in [2.05, 4.69) is 4.98 Å². The third kappa shape index (κ3) is 2.71. The molecule has 0 spiro atoms. The average molecular weight is 240 g/mol. The van der Waals surface area contributed by atoms with Crippen LogP contribution in [-0.4, -0.2) is 28.4 Å². The third-order valence-electron chi connectivity index (χ3n) is 2.62. The lowest BCUT2D eigenvalue weighted by atomic mass is 10.2. The highest BCUT2D eigenvalue weighted by Gasteiger charge is 2.31. The van der Waals surface area contributed by atoms with Crippen LogP contribution in [0, 0.1) is 0 Å². The van der Waals surface area contributed by atoms with Crippen LogP contribution < -0.4 is 5.73 Å². The van der Waals surface area contributed by atoms with E-state index < -0.39 is 0 Å². The molecule has 1 fully saturated rings. The number of hydrogen-bond acceptors (Lipinski definition) is 3. The van der Waals surface area contributed by atoms with Crippen molar-refractivity contribution in [3.05, 3.63) is 29.0 Å². The molecule has 0 saturated heterocycles. The van der Waals surface area contributed by atoms with Crippen LogP contribution in [0.2, 0.25) is 5.15 Å². The standard InChI is InChI=1S/C11H14ClN3O/c12-10-4-1-8(6-14-10)7-15(9-2-3-9)11(16)5-13/h1,4,6,9H,2-3,5,7,13H2. The maximum absolute atomic E-state index is 11.6. The highest BCUT2D eigenvalue weighted by Crippen LogP contribution is 2.28. The lowest BCUT2D eigenvalue weighted by Gasteiger charge is -2.21. The normalized spacial score (nSPS) is 14.9. The van der Waals surface area contributed by atoms with Gasteiger partial charge >= 0.3 is 0 Å². The zero-order valence-electron chi connectivity index (χ0n) is 8.90. The second-order valence-corrected chi connectivity index (χ2v) is 4.33. The number of halogens is 1. The van der Waals surface area contributed by atoms with Crippen molar-refractivity contribution in [1.29, 1.82) is 0 Å². The van der Waals surface area contributed by atoms with Gasteiger partial charge in [0.1, 0.15) is 5.15 Å². The third-order valence-corrected chi connectivity index (χ3v) is 2.85. The quantitative estimate of drug-likeness (QED) is 0.803. The molecule has 1 amide bonds. The van der Waals surface area contributed by atoms with Crippen LogP contribution in [0.3, 0.4) is 0 Å². The van der Waals surface area contributed by atoms with E-state index in [0.717, 1.165) is 18.4 Å². The topological polar surface area (TPSA) is 59.2 Å². The summed E-state index contributed by atoms with van der Waals surface area (Å²) >= 11 is 5.70. The summed E-state index contributed by atoms with van der Waals surface area (Å²) < 4.78 is 0. The fourth-order valence-electron chi connectivity index (χ4n) is 1.62. The minimum atomic E-state index is -0.00236. The monoisotopic (exact) mass is 239 g/mol. The van der Waals surface area contributed by atoms with Crippen LogP contribution in [-0.2, 0) is 11.3 Å². The van der Waals surface area contributed by atoms with Crippen LogP contribution >= 0.6 is 11.6 Å². The molecule has 1 aliphatic rings. The summed E-state index contributed by atoms with van der Waals surface area (Å²) in [5.41, 5.74) is 6.37. The van der Waals surface area contributed by atoms with Gasteiger partial charge in [0.2, 0.25) is 5.91 Å². The zero-order valence-corrected chi connectivity index (χ0v) is 9.65. The van der Waals surface area contributed by atoms with E-state index in [1.165, 1.54) is 0 Å². The molecule has 0 atom stereocenters. The Labute approximate surface area is 99.4 Å². The van der Waals surface area contributed by atoms with Crippen molar-refractivity contribution in [2.45, 2.75) is 25.4 Å². The van der Waals surface area contributed by atoms with Gasteiger partial charge in [-0.15, -0.1) is 0 Å². The molecule has 5 heteroatoms. The molecule has 0 aromatic carbocycles. The second-order valence-electron chi connectivity index (χ2n) is 3.95. The molecule has 1 aliphatic carbocycles. The minimum Gasteiger partial charge on any atom is -0.334 e. The average Bonchev–Trinajstić information content (AvgIpc) is 3.11. The van der Waals surface area contributed by atoms with Crippen LogP contribution in [0.25, 0.3) is 0 Å². The van der Waals surface area contributed by atoms with Gasteiger partial charge in [0.05, 0.1) is 6.54 Å². The molecule has 0 bridgehead atoms. The van der Waals surface area contributed by atoms with Crippen LogP contribution in [0.4, 0.5) is 0 Å². The van der Waals surface area contributed by atoms with Gasteiger partial charge in [-0.2, -0.15) is 0 Å². The van der Waals surface area contributed by atoms with Gasteiger partial charge in [-0.25, -0.2) is 4.98 Å². The molecule has 2 N–H and O–H groups in total. The summed E-state index contributed by atoms with van der Waals surface area (Å²) in [6.07, 6.45) is 3.85. The van der Waals surface area contributed by atoms with Crippen LogP contribution in [0.1, 0.15) is 18.4 Å². The smallest absolute Gasteiger partial charge is 0.236 e. The van der Waals surface area contributed by atoms with Crippen LogP contribution in [0.15, 0.2) is 18.3 Å². The van der Waals surface area contributed by atoms with Gasteiger partial charge in [-0.1, -0.05) is 17.7 Å². The number of aromatic nitrogens is 1. The van der Waals surface area contributed by atoms with E-state index in [4.69, 9.17) is 17.3 Å². The Hall–Kier alpha value is -1.13. The summed E-state index contributed by atoms with van der Waals surface area (Å²) in [4.78, 5) is 17.4. The van der Waals surface area contributed by atoms with Gasteiger partial charge in [0.15, 0.2) is 0 Å². The second kappa shape index (κ2) is 4.80. The Morgan fingerprint density at radius 1 is 1.56 bits per heavy atom. The Kier molecular flexibility index (Phi) is 3.41. The maximum atomic E-state index is 11.6. The largest absolute Gasteiger partial charge is 0.334 e. The first-order valence-corrected chi connectivity index (χ1v) is 5.68. The first-order valence-electron chi connectivity index (χ1n) is 5.30. The molecule has 4 nitrogen and oxygen atoms in total. The number of amides is 1. The fraction of sp³-hybridized carbons (Fsp3) is 0.455. The first kappa shape index (κ1) is 11.4. The number of rotatable bonds is 4. The van der Waals surface area contributed by atoms with Crippen LogP contribution in [0.5, 0.6) is 0 Å². The van der Waals surface area contributed by atoms with Gasteiger partial charge < -0.3 is 10.6 Å². The van der Waals surface area contributed by atoms with Gasteiger partial charge in [-0.05, 0) is 24.5 Å².